The van der Waals surface area contributed by atoms with Gasteiger partial charge in [-0.3, -0.25) is 0 Å². The van der Waals surface area contributed by atoms with E-state index in [-0.39, 0.29) is 18.4 Å². The van der Waals surface area contributed by atoms with Crippen LogP contribution in [0.4, 0.5) is 0 Å². The molecule has 2 aliphatic rings. The van der Waals surface area contributed by atoms with Crippen LogP contribution in [-0.4, -0.2) is 25.8 Å². The van der Waals surface area contributed by atoms with Gasteiger partial charge in [-0.1, -0.05) is 12.1 Å². The zero-order valence-electron chi connectivity index (χ0n) is 13.1. The fourth-order valence-corrected chi connectivity index (χ4v) is 3.15. The Labute approximate surface area is 151 Å². The number of halogens is 1. The highest BCUT2D eigenvalue weighted by atomic mass is 79.9. The van der Waals surface area contributed by atoms with Crippen molar-refractivity contribution in [2.24, 2.45) is 4.99 Å². The van der Waals surface area contributed by atoms with Crippen molar-refractivity contribution in [1.82, 2.24) is 0 Å². The van der Waals surface area contributed by atoms with Gasteiger partial charge >= 0.3 is 5.97 Å². The number of carbonyl (C=O) groups excluding carboxylic acids is 1. The number of benzene rings is 2. The summed E-state index contributed by atoms with van der Waals surface area (Å²) < 4.78 is 22.1. The minimum atomic E-state index is -0.519. The van der Waals surface area contributed by atoms with Gasteiger partial charge in [-0.2, -0.15) is 0 Å². The van der Waals surface area contributed by atoms with E-state index < -0.39 is 5.97 Å². The Morgan fingerprint density at radius 3 is 2.92 bits per heavy atom. The normalized spacial score (nSPS) is 16.8. The lowest BCUT2D eigenvalue weighted by Crippen LogP contribution is -2.06. The molecule has 2 heterocycles. The summed E-state index contributed by atoms with van der Waals surface area (Å²) >= 11 is 3.43. The molecule has 7 heteroatoms. The van der Waals surface area contributed by atoms with Gasteiger partial charge in [0.15, 0.2) is 17.2 Å². The van der Waals surface area contributed by atoms with Crippen molar-refractivity contribution in [3.63, 3.8) is 0 Å². The highest BCUT2D eigenvalue weighted by Gasteiger charge is 2.26. The molecule has 0 unspecified atom stereocenters. The van der Waals surface area contributed by atoms with Crippen LogP contribution in [0.5, 0.6) is 17.2 Å². The molecule has 0 bridgehead atoms. The second-order valence-corrected chi connectivity index (χ2v) is 6.13. The number of hydrogen-bond acceptors (Lipinski definition) is 6. The van der Waals surface area contributed by atoms with Gasteiger partial charge in [0.05, 0.1) is 17.1 Å². The van der Waals surface area contributed by atoms with Crippen LogP contribution in [0, 0.1) is 0 Å². The minimum absolute atomic E-state index is 0.173. The van der Waals surface area contributed by atoms with Crippen LogP contribution < -0.4 is 14.2 Å². The van der Waals surface area contributed by atoms with Gasteiger partial charge in [-0.05, 0) is 51.8 Å². The first kappa shape index (κ1) is 15.7. The number of esters is 1. The summed E-state index contributed by atoms with van der Waals surface area (Å²) in [5.74, 6) is 1.54. The maximum Gasteiger partial charge on any atom is 0.363 e. The molecule has 0 fully saturated rings. The molecule has 0 saturated heterocycles. The molecule has 0 atom stereocenters. The molecule has 2 aromatic carbocycles. The Morgan fingerprint density at radius 1 is 1.24 bits per heavy atom. The fraction of sp³-hybridized carbons (Fsp3) is 0.111. The molecule has 0 N–H and O–H groups in total. The number of rotatable bonds is 3. The second kappa shape index (κ2) is 6.25. The molecule has 6 nitrogen and oxygen atoms in total. The number of nitrogens with zero attached hydrogens (tertiary/aromatic N) is 1. The number of hydrogen-bond donors (Lipinski definition) is 0. The van der Waals surface area contributed by atoms with E-state index in [0.29, 0.717) is 22.8 Å². The van der Waals surface area contributed by atoms with E-state index in [1.54, 1.807) is 31.4 Å². The standard InChI is InChI=1S/C18H12BrNO5/c1-22-14-5-3-2-4-11(14)17-20-13(18(21)25-17)7-10-6-12(19)16-15(8-10)23-9-24-16/h2-8H,9H2,1H3/b13-7-. The summed E-state index contributed by atoms with van der Waals surface area (Å²) in [7, 11) is 1.55. The monoisotopic (exact) mass is 401 g/mol. The Bertz CT molecular complexity index is 935. The summed E-state index contributed by atoms with van der Waals surface area (Å²) in [5, 5.41) is 0. The van der Waals surface area contributed by atoms with Crippen LogP contribution in [0.25, 0.3) is 6.08 Å². The number of ether oxygens (including phenoxy) is 4. The van der Waals surface area contributed by atoms with Crippen LogP contribution in [0.3, 0.4) is 0 Å². The highest BCUT2D eigenvalue weighted by Crippen LogP contribution is 2.40. The number of para-hydroxylation sites is 1. The Kier molecular flexibility index (Phi) is 3.93. The van der Waals surface area contributed by atoms with E-state index in [4.69, 9.17) is 18.9 Å². The molecule has 0 radical (unpaired) electrons. The number of carbonyl (C=O) groups is 1. The zero-order valence-corrected chi connectivity index (χ0v) is 14.7. The predicted octanol–water partition coefficient (Wildman–Crippen LogP) is 3.53. The first-order chi connectivity index (χ1) is 12.2. The van der Waals surface area contributed by atoms with Gasteiger partial charge in [-0.15, -0.1) is 0 Å². The maximum atomic E-state index is 12.2. The van der Waals surface area contributed by atoms with Crippen molar-refractivity contribution in [3.05, 3.63) is 57.7 Å². The first-order valence-electron chi connectivity index (χ1n) is 7.41. The highest BCUT2D eigenvalue weighted by molar-refractivity contribution is 9.10. The van der Waals surface area contributed by atoms with Crippen LogP contribution in [0.2, 0.25) is 0 Å². The smallest absolute Gasteiger partial charge is 0.363 e. The Balaban J connectivity index is 1.71. The number of methoxy groups -OCH3 is 1. The Hall–Kier alpha value is -2.80. The summed E-state index contributed by atoms with van der Waals surface area (Å²) in [5.41, 5.74) is 1.56. The van der Waals surface area contributed by atoms with Gasteiger partial charge in [0.2, 0.25) is 12.7 Å². The van der Waals surface area contributed by atoms with Crippen molar-refractivity contribution in [2.75, 3.05) is 13.9 Å². The lowest BCUT2D eigenvalue weighted by atomic mass is 10.1. The third-order valence-electron chi connectivity index (χ3n) is 3.71. The fourth-order valence-electron chi connectivity index (χ4n) is 2.57. The molecular formula is C18H12BrNO5. The van der Waals surface area contributed by atoms with E-state index in [1.165, 1.54) is 0 Å². The molecular weight excluding hydrogens is 390 g/mol. The lowest BCUT2D eigenvalue weighted by molar-refractivity contribution is -0.129. The molecule has 0 spiro atoms. The van der Waals surface area contributed by atoms with Gasteiger partial charge < -0.3 is 18.9 Å². The topological polar surface area (TPSA) is 66.3 Å². The van der Waals surface area contributed by atoms with Gasteiger partial charge in [0.1, 0.15) is 5.75 Å². The largest absolute Gasteiger partial charge is 0.496 e. The molecule has 2 aliphatic heterocycles. The Morgan fingerprint density at radius 2 is 2.08 bits per heavy atom. The van der Waals surface area contributed by atoms with Crippen LogP contribution >= 0.6 is 15.9 Å². The van der Waals surface area contributed by atoms with Gasteiger partial charge in [-0.25, -0.2) is 9.79 Å². The number of cyclic esters (lactones) is 1. The van der Waals surface area contributed by atoms with Crippen LogP contribution in [0.15, 0.2) is 51.6 Å². The van der Waals surface area contributed by atoms with Gasteiger partial charge in [0, 0.05) is 0 Å². The average molecular weight is 402 g/mol. The van der Waals surface area contributed by atoms with E-state index in [9.17, 15) is 4.79 Å². The molecule has 126 valence electrons. The zero-order chi connectivity index (χ0) is 17.4. The SMILES string of the molecule is COc1ccccc1C1=N/C(=C\c2cc(Br)c3c(c2)OCO3)C(=O)O1. The molecule has 0 aliphatic carbocycles. The van der Waals surface area contributed by atoms with E-state index in [1.807, 2.05) is 18.2 Å². The molecule has 0 saturated carbocycles. The van der Waals surface area contributed by atoms with Crippen molar-refractivity contribution in [2.45, 2.75) is 0 Å². The van der Waals surface area contributed by atoms with Crippen molar-refractivity contribution < 1.29 is 23.7 Å². The summed E-state index contributed by atoms with van der Waals surface area (Å²) in [6.07, 6.45) is 1.64. The molecule has 4 rings (SSSR count). The molecule has 25 heavy (non-hydrogen) atoms. The lowest BCUT2D eigenvalue weighted by Gasteiger charge is -2.05. The second-order valence-electron chi connectivity index (χ2n) is 5.27. The van der Waals surface area contributed by atoms with Crippen LogP contribution in [-0.2, 0) is 9.53 Å². The van der Waals surface area contributed by atoms with E-state index in [0.717, 1.165) is 10.0 Å². The number of fused-ring (bicyclic) bond motifs is 1. The van der Waals surface area contributed by atoms with Crippen LogP contribution in [0.1, 0.15) is 11.1 Å². The summed E-state index contributed by atoms with van der Waals surface area (Å²) in [6.45, 7) is 0.173. The third-order valence-corrected chi connectivity index (χ3v) is 4.30. The van der Waals surface area contributed by atoms with E-state index in [2.05, 4.69) is 20.9 Å². The molecule has 0 aromatic heterocycles. The minimum Gasteiger partial charge on any atom is -0.496 e. The molecule has 0 amide bonds. The first-order valence-corrected chi connectivity index (χ1v) is 8.20. The third kappa shape index (κ3) is 2.87. The van der Waals surface area contributed by atoms with Crippen molar-refractivity contribution >= 4 is 33.9 Å². The van der Waals surface area contributed by atoms with Crippen molar-refractivity contribution in [3.8, 4) is 17.2 Å². The number of aliphatic imine (C=N–C) groups is 1. The quantitative estimate of drug-likeness (QED) is 0.581. The van der Waals surface area contributed by atoms with Gasteiger partial charge in [0.25, 0.3) is 0 Å². The molecule has 2 aromatic rings. The average Bonchev–Trinajstić information content (AvgIpc) is 3.22. The van der Waals surface area contributed by atoms with E-state index >= 15 is 0 Å². The maximum absolute atomic E-state index is 12.2. The van der Waals surface area contributed by atoms with Crippen molar-refractivity contribution in [1.29, 1.82) is 0 Å². The summed E-state index contributed by atoms with van der Waals surface area (Å²) in [6, 6.07) is 10.8. The predicted molar refractivity (Wildman–Crippen MR) is 93.9 cm³/mol. The summed E-state index contributed by atoms with van der Waals surface area (Å²) in [4.78, 5) is 16.5.